The minimum absolute atomic E-state index is 0.0648. The van der Waals surface area contributed by atoms with Crippen molar-refractivity contribution in [2.24, 2.45) is 34.5 Å². The summed E-state index contributed by atoms with van der Waals surface area (Å²) in [6.07, 6.45) is 3.54. The molecule has 1 N–H and O–H groups in total. The number of carbonyl (C=O) groups is 3. The van der Waals surface area contributed by atoms with Gasteiger partial charge in [-0.1, -0.05) is 27.7 Å². The zero-order valence-corrected chi connectivity index (χ0v) is 24.4. The summed E-state index contributed by atoms with van der Waals surface area (Å²) in [5, 5.41) is 11.6. The summed E-state index contributed by atoms with van der Waals surface area (Å²) in [6.45, 7) is 10.8. The lowest BCUT2D eigenvalue weighted by atomic mass is 9.42. The molecule has 0 radical (unpaired) electrons. The van der Waals surface area contributed by atoms with E-state index in [9.17, 15) is 19.5 Å². The Morgan fingerprint density at radius 2 is 1.85 bits per heavy atom. The Labute approximate surface area is 236 Å². The molecule has 0 bridgehead atoms. The SMILES string of the molecule is CC[C@@H](C)C(=O)O[C@H]1[C@H](O)C[C@@H]2[C@@](C)(C[C@@H]3C[C@H]4C=CO[C@H]4O3)[C@H](C)C[C@H](OC(C)=O)[C@@]2(COC(C)=O)[C@@]12CO2. The summed E-state index contributed by atoms with van der Waals surface area (Å²) in [5.41, 5.74) is -2.64. The molecule has 0 unspecified atom stereocenters. The van der Waals surface area contributed by atoms with Gasteiger partial charge >= 0.3 is 17.9 Å². The van der Waals surface area contributed by atoms with Gasteiger partial charge in [0, 0.05) is 19.8 Å². The minimum atomic E-state index is -1.17. The average Bonchev–Trinajstić information content (AvgIpc) is 3.41. The van der Waals surface area contributed by atoms with Gasteiger partial charge in [0.05, 0.1) is 36.4 Å². The Morgan fingerprint density at radius 3 is 2.45 bits per heavy atom. The molecule has 5 aliphatic rings. The number of fused-ring (bicyclic) bond motifs is 3. The molecule has 0 aromatic heterocycles. The van der Waals surface area contributed by atoms with Gasteiger partial charge in [-0.15, -0.1) is 0 Å². The fourth-order valence-corrected chi connectivity index (χ4v) is 8.18. The summed E-state index contributed by atoms with van der Waals surface area (Å²) < 4.78 is 35.9. The van der Waals surface area contributed by atoms with Crippen LogP contribution in [0.25, 0.3) is 0 Å². The molecule has 10 nitrogen and oxygen atoms in total. The highest BCUT2D eigenvalue weighted by atomic mass is 16.7. The van der Waals surface area contributed by atoms with Crippen LogP contribution in [0.15, 0.2) is 12.3 Å². The van der Waals surface area contributed by atoms with Crippen molar-refractivity contribution in [2.45, 2.75) is 110 Å². The van der Waals surface area contributed by atoms with E-state index in [1.54, 1.807) is 13.2 Å². The summed E-state index contributed by atoms with van der Waals surface area (Å²) in [4.78, 5) is 37.7. The lowest BCUT2D eigenvalue weighted by Gasteiger charge is -2.64. The molecule has 2 saturated heterocycles. The number of ether oxygens (including phenoxy) is 6. The van der Waals surface area contributed by atoms with Crippen LogP contribution in [0.1, 0.15) is 73.6 Å². The van der Waals surface area contributed by atoms with Gasteiger partial charge in [-0.25, -0.2) is 0 Å². The second-order valence-electron chi connectivity index (χ2n) is 13.0. The van der Waals surface area contributed by atoms with Gasteiger partial charge in [0.25, 0.3) is 0 Å². The van der Waals surface area contributed by atoms with Crippen molar-refractivity contribution in [3.05, 3.63) is 12.3 Å². The van der Waals surface area contributed by atoms with Gasteiger partial charge in [-0.05, 0) is 55.4 Å². The molecule has 12 atom stereocenters. The van der Waals surface area contributed by atoms with E-state index in [0.717, 1.165) is 6.42 Å². The van der Waals surface area contributed by atoms with Crippen LogP contribution < -0.4 is 0 Å². The van der Waals surface area contributed by atoms with Crippen LogP contribution in [0.5, 0.6) is 0 Å². The summed E-state index contributed by atoms with van der Waals surface area (Å²) >= 11 is 0. The molecule has 0 aromatic carbocycles. The predicted octanol–water partition coefficient (Wildman–Crippen LogP) is 3.29. The highest BCUT2D eigenvalue weighted by Gasteiger charge is 2.80. The largest absolute Gasteiger partial charge is 0.472 e. The molecule has 3 heterocycles. The zero-order valence-electron chi connectivity index (χ0n) is 24.4. The number of aliphatic hydroxyl groups is 1. The Balaban J connectivity index is 1.57. The second-order valence-corrected chi connectivity index (χ2v) is 13.0. The van der Waals surface area contributed by atoms with Gasteiger partial charge in [-0.3, -0.25) is 14.4 Å². The highest BCUT2D eigenvalue weighted by Crippen LogP contribution is 2.70. The maximum atomic E-state index is 13.0. The van der Waals surface area contributed by atoms with E-state index in [4.69, 9.17) is 28.4 Å². The van der Waals surface area contributed by atoms with Crippen LogP contribution in [0, 0.1) is 34.5 Å². The van der Waals surface area contributed by atoms with Crippen LogP contribution in [0.4, 0.5) is 0 Å². The molecule has 1 spiro atoms. The predicted molar refractivity (Wildman–Crippen MR) is 140 cm³/mol. The number of aliphatic hydroxyl groups excluding tert-OH is 1. The van der Waals surface area contributed by atoms with E-state index in [1.807, 2.05) is 13.0 Å². The summed E-state index contributed by atoms with van der Waals surface area (Å²) in [6, 6.07) is 0. The van der Waals surface area contributed by atoms with Crippen molar-refractivity contribution >= 4 is 17.9 Å². The number of carbonyl (C=O) groups excluding carboxylic acids is 3. The first-order valence-electron chi connectivity index (χ1n) is 14.7. The molecule has 0 aromatic rings. The van der Waals surface area contributed by atoms with Gasteiger partial charge in [-0.2, -0.15) is 0 Å². The smallest absolute Gasteiger partial charge is 0.309 e. The molecule has 40 heavy (non-hydrogen) atoms. The molecule has 224 valence electrons. The molecule has 4 fully saturated rings. The van der Waals surface area contributed by atoms with E-state index in [1.165, 1.54) is 13.8 Å². The van der Waals surface area contributed by atoms with Crippen molar-refractivity contribution in [3.63, 3.8) is 0 Å². The summed E-state index contributed by atoms with van der Waals surface area (Å²) in [5.74, 6) is -1.74. The normalized spacial score (nSPS) is 45.7. The lowest BCUT2D eigenvalue weighted by molar-refractivity contribution is -0.270. The molecule has 5 rings (SSSR count). The molecular formula is C30H44O10. The first-order chi connectivity index (χ1) is 18.9. The van der Waals surface area contributed by atoms with Gasteiger partial charge in [0.1, 0.15) is 18.3 Å². The van der Waals surface area contributed by atoms with Crippen LogP contribution in [0.3, 0.4) is 0 Å². The fraction of sp³-hybridized carbons (Fsp3) is 0.833. The standard InChI is InChI=1S/C30H44O10/c1-7-16(2)26(34)40-25-22(33)12-23-28(6,13-21-11-20-8-9-35-27(20)39-21)17(3)10-24(38-19(5)32)29(23,14-36-18(4)31)30(25)15-37-30/h8-9,16-17,20-25,27,33H,7,10-15H2,1-6H3/t16-,17-,20-,21+,22-,23-,24+,25+,27+,28+,29+,30-/m1/s1. The van der Waals surface area contributed by atoms with E-state index in [2.05, 4.69) is 13.8 Å². The Morgan fingerprint density at radius 1 is 1.12 bits per heavy atom. The molecular weight excluding hydrogens is 520 g/mol. The number of esters is 3. The average molecular weight is 565 g/mol. The van der Waals surface area contributed by atoms with E-state index in [-0.39, 0.29) is 55.7 Å². The van der Waals surface area contributed by atoms with Crippen molar-refractivity contribution in [1.29, 1.82) is 0 Å². The van der Waals surface area contributed by atoms with Crippen molar-refractivity contribution in [2.75, 3.05) is 13.2 Å². The fourth-order valence-electron chi connectivity index (χ4n) is 8.18. The van der Waals surface area contributed by atoms with Crippen molar-refractivity contribution in [1.82, 2.24) is 0 Å². The summed E-state index contributed by atoms with van der Waals surface area (Å²) in [7, 11) is 0. The zero-order chi connectivity index (χ0) is 29.0. The number of hydrogen-bond acceptors (Lipinski definition) is 10. The molecule has 2 saturated carbocycles. The third-order valence-corrected chi connectivity index (χ3v) is 10.7. The van der Waals surface area contributed by atoms with E-state index in [0.29, 0.717) is 19.3 Å². The Bertz CT molecular complexity index is 1040. The van der Waals surface area contributed by atoms with E-state index >= 15 is 0 Å². The van der Waals surface area contributed by atoms with Gasteiger partial charge in [0.15, 0.2) is 6.10 Å². The Hall–Kier alpha value is -2.17. The van der Waals surface area contributed by atoms with Gasteiger partial charge in [0.2, 0.25) is 6.29 Å². The third kappa shape index (κ3) is 4.64. The van der Waals surface area contributed by atoms with E-state index < -0.39 is 52.7 Å². The second kappa shape index (κ2) is 10.6. The van der Waals surface area contributed by atoms with Gasteiger partial charge < -0.3 is 33.5 Å². The lowest BCUT2D eigenvalue weighted by Crippen LogP contribution is -2.73. The first kappa shape index (κ1) is 29.3. The first-order valence-corrected chi connectivity index (χ1v) is 14.7. The molecule has 3 aliphatic heterocycles. The van der Waals surface area contributed by atoms with Crippen LogP contribution >= 0.6 is 0 Å². The van der Waals surface area contributed by atoms with Crippen molar-refractivity contribution < 1.29 is 47.9 Å². The molecule has 10 heteroatoms. The van der Waals surface area contributed by atoms with Crippen molar-refractivity contribution in [3.8, 4) is 0 Å². The topological polar surface area (TPSA) is 130 Å². The maximum absolute atomic E-state index is 13.0. The monoisotopic (exact) mass is 564 g/mol. The number of rotatable bonds is 8. The quantitative estimate of drug-likeness (QED) is 0.266. The highest BCUT2D eigenvalue weighted by molar-refractivity contribution is 5.72. The van der Waals surface area contributed by atoms with Crippen LogP contribution in [0.2, 0.25) is 0 Å². The maximum Gasteiger partial charge on any atom is 0.309 e. The molecule has 2 aliphatic carbocycles. The van der Waals surface area contributed by atoms with Crippen LogP contribution in [-0.2, 0) is 42.8 Å². The third-order valence-electron chi connectivity index (χ3n) is 10.7. The number of epoxide rings is 1. The minimum Gasteiger partial charge on any atom is -0.472 e. The molecule has 0 amide bonds. The Kier molecular flexibility index (Phi) is 7.76. The van der Waals surface area contributed by atoms with Crippen LogP contribution in [-0.4, -0.2) is 72.5 Å². The number of hydrogen-bond donors (Lipinski definition) is 1.